The number of carbonyl (C=O) groups excluding carboxylic acids is 1. The zero-order valence-corrected chi connectivity index (χ0v) is 10.2. The van der Waals surface area contributed by atoms with Crippen LogP contribution in [0.3, 0.4) is 0 Å². The molecule has 0 aliphatic carbocycles. The number of urea groups is 1. The molecule has 1 aromatic rings. The van der Waals surface area contributed by atoms with Crippen molar-refractivity contribution in [2.45, 2.75) is 6.04 Å². The minimum atomic E-state index is -0.727. The van der Waals surface area contributed by atoms with Crippen molar-refractivity contribution in [1.29, 1.82) is 0 Å². The van der Waals surface area contributed by atoms with Crippen LogP contribution in [-0.2, 0) is 0 Å². The summed E-state index contributed by atoms with van der Waals surface area (Å²) in [6, 6.07) is 2.77. The van der Waals surface area contributed by atoms with Crippen LogP contribution >= 0.6 is 11.6 Å². The van der Waals surface area contributed by atoms with Crippen molar-refractivity contribution in [3.8, 4) is 12.3 Å². The summed E-state index contributed by atoms with van der Waals surface area (Å²) in [4.78, 5) is 11.3. The highest BCUT2D eigenvalue weighted by molar-refractivity contribution is 6.30. The summed E-state index contributed by atoms with van der Waals surface area (Å²) in [7, 11) is 0. The Kier molecular flexibility index (Phi) is 5.43. The van der Waals surface area contributed by atoms with E-state index in [0.717, 1.165) is 6.07 Å². The third-order valence-electron chi connectivity index (χ3n) is 2.18. The first-order valence-corrected chi connectivity index (χ1v) is 5.50. The van der Waals surface area contributed by atoms with E-state index >= 15 is 0 Å². The minimum Gasteiger partial charge on any atom is -0.394 e. The second-order valence-corrected chi connectivity index (χ2v) is 3.85. The molecule has 0 saturated heterocycles. The van der Waals surface area contributed by atoms with Crippen molar-refractivity contribution in [3.05, 3.63) is 34.6 Å². The first-order chi connectivity index (χ1) is 8.58. The van der Waals surface area contributed by atoms with Gasteiger partial charge in [0.05, 0.1) is 24.2 Å². The molecule has 4 nitrogen and oxygen atoms in total. The third-order valence-corrected chi connectivity index (χ3v) is 2.49. The Labute approximate surface area is 109 Å². The zero-order valence-electron chi connectivity index (χ0n) is 9.41. The Hall–Kier alpha value is -1.77. The van der Waals surface area contributed by atoms with Crippen LogP contribution in [0.5, 0.6) is 0 Å². The molecule has 0 heterocycles. The molecule has 0 bridgehead atoms. The molecule has 1 atom stereocenters. The van der Waals surface area contributed by atoms with E-state index in [2.05, 4.69) is 16.6 Å². The van der Waals surface area contributed by atoms with Gasteiger partial charge in [-0.3, -0.25) is 0 Å². The zero-order chi connectivity index (χ0) is 13.5. The number of rotatable bonds is 4. The van der Waals surface area contributed by atoms with E-state index in [4.69, 9.17) is 18.0 Å². The van der Waals surface area contributed by atoms with Gasteiger partial charge in [-0.15, -0.1) is 6.42 Å². The second kappa shape index (κ2) is 6.84. The summed E-state index contributed by atoms with van der Waals surface area (Å²) in [5, 5.41) is 14.0. The van der Waals surface area contributed by atoms with Crippen LogP contribution in [0.1, 0.15) is 11.6 Å². The van der Waals surface area contributed by atoms with Gasteiger partial charge < -0.3 is 15.7 Å². The minimum absolute atomic E-state index is 0.0211. The molecule has 6 heteroatoms. The van der Waals surface area contributed by atoms with Crippen LogP contribution in [-0.4, -0.2) is 24.3 Å². The van der Waals surface area contributed by atoms with Gasteiger partial charge in [-0.1, -0.05) is 23.6 Å². The Morgan fingerprint density at radius 3 is 2.89 bits per heavy atom. The van der Waals surface area contributed by atoms with Gasteiger partial charge in [-0.05, 0) is 17.7 Å². The normalized spacial score (nSPS) is 11.4. The van der Waals surface area contributed by atoms with Crippen LogP contribution in [0.4, 0.5) is 9.18 Å². The number of terminal acetylenes is 1. The molecular weight excluding hydrogens is 259 g/mol. The second-order valence-electron chi connectivity index (χ2n) is 3.44. The Bertz CT molecular complexity index is 474. The van der Waals surface area contributed by atoms with E-state index in [-0.39, 0.29) is 18.2 Å². The van der Waals surface area contributed by atoms with Gasteiger partial charge in [0, 0.05) is 0 Å². The molecule has 1 aromatic carbocycles. The van der Waals surface area contributed by atoms with Gasteiger partial charge in [0.25, 0.3) is 0 Å². The average molecular weight is 271 g/mol. The number of hydrogen-bond donors (Lipinski definition) is 3. The van der Waals surface area contributed by atoms with Crippen molar-refractivity contribution < 1.29 is 14.3 Å². The highest BCUT2D eigenvalue weighted by Gasteiger charge is 2.14. The number of aliphatic hydroxyl groups excluding tert-OH is 1. The maximum absolute atomic E-state index is 13.2. The van der Waals surface area contributed by atoms with Crippen molar-refractivity contribution in [2.75, 3.05) is 13.2 Å². The Morgan fingerprint density at radius 1 is 1.61 bits per heavy atom. The number of aliphatic hydroxyl groups is 1. The predicted molar refractivity (Wildman–Crippen MR) is 66.6 cm³/mol. The number of nitrogens with one attached hydrogen (secondary N) is 2. The van der Waals surface area contributed by atoms with Crippen LogP contribution < -0.4 is 10.6 Å². The quantitative estimate of drug-likeness (QED) is 0.725. The maximum Gasteiger partial charge on any atom is 0.316 e. The van der Waals surface area contributed by atoms with E-state index in [1.54, 1.807) is 0 Å². The first kappa shape index (κ1) is 14.3. The molecule has 0 spiro atoms. The van der Waals surface area contributed by atoms with E-state index < -0.39 is 17.9 Å². The standard InChI is InChI=1S/C12H12ClFN2O2/c1-2-5-15-12(18)16-11(7-17)8-3-4-9(13)10(14)6-8/h1,3-4,6,11,17H,5,7H2,(H2,15,16,18). The predicted octanol–water partition coefficient (Wildman–Crippen LogP) is 1.44. The van der Waals surface area contributed by atoms with Crippen molar-refractivity contribution >= 4 is 17.6 Å². The highest BCUT2D eigenvalue weighted by atomic mass is 35.5. The summed E-state index contributed by atoms with van der Waals surface area (Å²) < 4.78 is 13.2. The number of amides is 2. The molecule has 0 aromatic heterocycles. The molecule has 3 N–H and O–H groups in total. The van der Waals surface area contributed by atoms with Gasteiger partial charge in [0.1, 0.15) is 5.82 Å². The summed E-state index contributed by atoms with van der Waals surface area (Å²) in [6.07, 6.45) is 4.98. The molecule has 18 heavy (non-hydrogen) atoms. The molecule has 0 saturated carbocycles. The molecular formula is C12H12ClFN2O2. The lowest BCUT2D eigenvalue weighted by molar-refractivity contribution is 0.217. The van der Waals surface area contributed by atoms with Crippen molar-refractivity contribution in [3.63, 3.8) is 0 Å². The van der Waals surface area contributed by atoms with Crippen molar-refractivity contribution in [2.24, 2.45) is 0 Å². The molecule has 0 aliphatic heterocycles. The first-order valence-electron chi connectivity index (χ1n) is 5.12. The molecule has 0 aliphatic rings. The van der Waals surface area contributed by atoms with E-state index in [9.17, 15) is 14.3 Å². The van der Waals surface area contributed by atoms with Gasteiger partial charge in [0.15, 0.2) is 0 Å². The highest BCUT2D eigenvalue weighted by Crippen LogP contribution is 2.20. The lowest BCUT2D eigenvalue weighted by Gasteiger charge is -2.17. The largest absolute Gasteiger partial charge is 0.394 e. The third kappa shape index (κ3) is 3.91. The molecule has 0 fully saturated rings. The Balaban J connectivity index is 2.74. The van der Waals surface area contributed by atoms with Crippen LogP contribution in [0.2, 0.25) is 5.02 Å². The van der Waals surface area contributed by atoms with E-state index in [0.29, 0.717) is 5.56 Å². The fourth-order valence-electron chi connectivity index (χ4n) is 1.30. The SMILES string of the molecule is C#CCNC(=O)NC(CO)c1ccc(Cl)c(F)c1. The van der Waals surface area contributed by atoms with Gasteiger partial charge in [-0.2, -0.15) is 0 Å². The van der Waals surface area contributed by atoms with Crippen LogP contribution in [0.15, 0.2) is 18.2 Å². The maximum atomic E-state index is 13.2. The lowest BCUT2D eigenvalue weighted by atomic mass is 10.1. The monoisotopic (exact) mass is 270 g/mol. The number of benzene rings is 1. The number of halogens is 2. The molecule has 96 valence electrons. The van der Waals surface area contributed by atoms with Crippen molar-refractivity contribution in [1.82, 2.24) is 10.6 Å². The topological polar surface area (TPSA) is 61.4 Å². The number of hydrogen-bond acceptors (Lipinski definition) is 2. The summed E-state index contributed by atoms with van der Waals surface area (Å²) in [5.74, 6) is 1.62. The summed E-state index contributed by atoms with van der Waals surface area (Å²) >= 11 is 5.54. The van der Waals surface area contributed by atoms with Crippen LogP contribution in [0, 0.1) is 18.2 Å². The van der Waals surface area contributed by atoms with Gasteiger partial charge >= 0.3 is 6.03 Å². The molecule has 1 rings (SSSR count). The average Bonchev–Trinajstić information content (AvgIpc) is 2.37. The lowest BCUT2D eigenvalue weighted by Crippen LogP contribution is -2.39. The molecule has 1 unspecified atom stereocenters. The van der Waals surface area contributed by atoms with E-state index in [1.807, 2.05) is 0 Å². The summed E-state index contributed by atoms with van der Waals surface area (Å²) in [5.41, 5.74) is 0.412. The summed E-state index contributed by atoms with van der Waals surface area (Å²) in [6.45, 7) is -0.302. The smallest absolute Gasteiger partial charge is 0.316 e. The van der Waals surface area contributed by atoms with Gasteiger partial charge in [0.2, 0.25) is 0 Å². The van der Waals surface area contributed by atoms with Crippen LogP contribution in [0.25, 0.3) is 0 Å². The molecule has 2 amide bonds. The van der Waals surface area contributed by atoms with E-state index in [1.165, 1.54) is 12.1 Å². The fourth-order valence-corrected chi connectivity index (χ4v) is 1.42. The number of carbonyl (C=O) groups is 1. The molecule has 0 radical (unpaired) electrons. The fraction of sp³-hybridized carbons (Fsp3) is 0.250. The van der Waals surface area contributed by atoms with Gasteiger partial charge in [-0.25, -0.2) is 9.18 Å². The Morgan fingerprint density at radius 2 is 2.33 bits per heavy atom.